The smallest absolute Gasteiger partial charge is 0.408 e. The van der Waals surface area contributed by atoms with Crippen molar-refractivity contribution in [1.29, 1.82) is 0 Å². The number of carbonyl (C=O) groups excluding carboxylic acids is 2. The first-order valence-corrected chi connectivity index (χ1v) is 6.93. The van der Waals surface area contributed by atoms with Crippen molar-refractivity contribution in [2.24, 2.45) is 0 Å². The molecule has 1 N–H and O–H groups in total. The van der Waals surface area contributed by atoms with Gasteiger partial charge in [0.25, 0.3) is 5.69 Å². The summed E-state index contributed by atoms with van der Waals surface area (Å²) < 4.78 is 9.76. The van der Waals surface area contributed by atoms with E-state index >= 15 is 0 Å². The van der Waals surface area contributed by atoms with Crippen molar-refractivity contribution in [2.75, 3.05) is 7.11 Å². The molecule has 0 radical (unpaired) electrons. The number of amides is 1. The molecule has 1 unspecified atom stereocenters. The van der Waals surface area contributed by atoms with E-state index in [1.807, 2.05) is 0 Å². The molecule has 1 amide bonds. The molecule has 1 aromatic rings. The van der Waals surface area contributed by atoms with E-state index < -0.39 is 28.6 Å². The molecule has 0 saturated carbocycles. The standard InChI is InChI=1S/C15H20N2O6/c1-15(2,3)23-14(19)16-12(9-13(18)22-4)10-5-7-11(8-6-10)17(20)21/h5-8,12H,9H2,1-4H3,(H,16,19). The van der Waals surface area contributed by atoms with Crippen LogP contribution in [0.5, 0.6) is 0 Å². The monoisotopic (exact) mass is 324 g/mol. The Hall–Kier alpha value is -2.64. The van der Waals surface area contributed by atoms with E-state index in [-0.39, 0.29) is 12.1 Å². The molecule has 0 fully saturated rings. The van der Waals surface area contributed by atoms with E-state index in [0.717, 1.165) is 0 Å². The van der Waals surface area contributed by atoms with Crippen molar-refractivity contribution in [2.45, 2.75) is 38.8 Å². The Morgan fingerprint density at radius 2 is 1.83 bits per heavy atom. The third-order valence-corrected chi connectivity index (χ3v) is 2.80. The normalized spacial score (nSPS) is 12.2. The Balaban J connectivity index is 2.93. The Labute approximate surface area is 133 Å². The number of non-ortho nitro benzene ring substituents is 1. The van der Waals surface area contributed by atoms with Crippen LogP contribution in [0.4, 0.5) is 10.5 Å². The lowest BCUT2D eigenvalue weighted by Gasteiger charge is -2.23. The summed E-state index contributed by atoms with van der Waals surface area (Å²) in [6, 6.07) is 4.84. The molecule has 1 atom stereocenters. The summed E-state index contributed by atoms with van der Waals surface area (Å²) in [5.74, 6) is -0.524. The Morgan fingerprint density at radius 1 is 1.26 bits per heavy atom. The third-order valence-electron chi connectivity index (χ3n) is 2.80. The molecule has 1 aromatic carbocycles. The number of rotatable bonds is 5. The van der Waals surface area contributed by atoms with Crippen molar-refractivity contribution in [3.05, 3.63) is 39.9 Å². The SMILES string of the molecule is COC(=O)CC(NC(=O)OC(C)(C)C)c1ccc([N+](=O)[O-])cc1. The van der Waals surface area contributed by atoms with Crippen LogP contribution < -0.4 is 5.32 Å². The minimum Gasteiger partial charge on any atom is -0.469 e. The average Bonchev–Trinajstić information content (AvgIpc) is 2.44. The van der Waals surface area contributed by atoms with Crippen molar-refractivity contribution < 1.29 is 24.0 Å². The largest absolute Gasteiger partial charge is 0.469 e. The molecule has 1 rings (SSSR count). The summed E-state index contributed by atoms with van der Waals surface area (Å²) in [4.78, 5) is 33.6. The summed E-state index contributed by atoms with van der Waals surface area (Å²) in [6.07, 6.45) is -0.808. The molecule has 0 aliphatic heterocycles. The maximum absolute atomic E-state index is 11.9. The molecule has 0 heterocycles. The number of alkyl carbamates (subject to hydrolysis) is 1. The van der Waals surface area contributed by atoms with Crippen LogP contribution in [0.1, 0.15) is 38.8 Å². The zero-order chi connectivity index (χ0) is 17.6. The van der Waals surface area contributed by atoms with Crippen LogP contribution in [0.25, 0.3) is 0 Å². The summed E-state index contributed by atoms with van der Waals surface area (Å²) in [5, 5.41) is 13.3. The highest BCUT2D eigenvalue weighted by Crippen LogP contribution is 2.21. The highest BCUT2D eigenvalue weighted by molar-refractivity contribution is 5.73. The zero-order valence-electron chi connectivity index (χ0n) is 13.5. The lowest BCUT2D eigenvalue weighted by molar-refractivity contribution is -0.384. The van der Waals surface area contributed by atoms with E-state index in [1.165, 1.54) is 31.4 Å². The van der Waals surface area contributed by atoms with Crippen molar-refractivity contribution in [3.63, 3.8) is 0 Å². The van der Waals surface area contributed by atoms with E-state index in [1.54, 1.807) is 20.8 Å². The minimum atomic E-state index is -0.710. The van der Waals surface area contributed by atoms with Gasteiger partial charge in [0.05, 0.1) is 24.5 Å². The lowest BCUT2D eigenvalue weighted by atomic mass is 10.0. The summed E-state index contributed by atoms with van der Waals surface area (Å²) in [5.41, 5.74) is -0.232. The molecule has 8 nitrogen and oxygen atoms in total. The third kappa shape index (κ3) is 6.33. The first kappa shape index (κ1) is 18.4. The number of hydrogen-bond acceptors (Lipinski definition) is 6. The Morgan fingerprint density at radius 3 is 2.26 bits per heavy atom. The van der Waals surface area contributed by atoms with Crippen LogP contribution >= 0.6 is 0 Å². The van der Waals surface area contributed by atoms with Gasteiger partial charge in [0, 0.05) is 12.1 Å². The molecule has 0 spiro atoms. The van der Waals surface area contributed by atoms with Crippen molar-refractivity contribution in [1.82, 2.24) is 5.32 Å². The topological polar surface area (TPSA) is 108 Å². The molecule has 23 heavy (non-hydrogen) atoms. The molecule has 0 aliphatic rings. The van der Waals surface area contributed by atoms with Gasteiger partial charge < -0.3 is 14.8 Å². The van der Waals surface area contributed by atoms with Crippen LogP contribution in [0.15, 0.2) is 24.3 Å². The van der Waals surface area contributed by atoms with Crippen LogP contribution in [-0.2, 0) is 14.3 Å². The Bertz CT molecular complexity index is 577. The highest BCUT2D eigenvalue weighted by Gasteiger charge is 2.23. The Kier molecular flexibility index (Phi) is 6.06. The van der Waals surface area contributed by atoms with Crippen molar-refractivity contribution >= 4 is 17.7 Å². The van der Waals surface area contributed by atoms with Gasteiger partial charge in [-0.25, -0.2) is 4.79 Å². The van der Waals surface area contributed by atoms with Gasteiger partial charge in [0.2, 0.25) is 0 Å². The second-order valence-corrected chi connectivity index (χ2v) is 5.83. The number of benzene rings is 1. The fourth-order valence-corrected chi connectivity index (χ4v) is 1.78. The van der Waals surface area contributed by atoms with Gasteiger partial charge in [-0.05, 0) is 26.3 Å². The molecule has 126 valence electrons. The predicted molar refractivity (Wildman–Crippen MR) is 81.8 cm³/mol. The van der Waals surface area contributed by atoms with Gasteiger partial charge in [-0.2, -0.15) is 0 Å². The fourth-order valence-electron chi connectivity index (χ4n) is 1.78. The number of nitrogens with one attached hydrogen (secondary N) is 1. The number of methoxy groups -OCH3 is 1. The zero-order valence-corrected chi connectivity index (χ0v) is 13.5. The number of hydrogen-bond donors (Lipinski definition) is 1. The van der Waals surface area contributed by atoms with Crippen LogP contribution in [0.3, 0.4) is 0 Å². The molecule has 0 aromatic heterocycles. The number of nitro groups is 1. The number of nitro benzene ring substituents is 1. The maximum Gasteiger partial charge on any atom is 0.408 e. The van der Waals surface area contributed by atoms with Gasteiger partial charge in [0.15, 0.2) is 0 Å². The highest BCUT2D eigenvalue weighted by atomic mass is 16.6. The fraction of sp³-hybridized carbons (Fsp3) is 0.467. The summed E-state index contributed by atoms with van der Waals surface area (Å²) in [6.45, 7) is 5.15. The average molecular weight is 324 g/mol. The van der Waals surface area contributed by atoms with Gasteiger partial charge in [0.1, 0.15) is 5.60 Å². The first-order chi connectivity index (χ1) is 10.6. The first-order valence-electron chi connectivity index (χ1n) is 6.93. The van der Waals surface area contributed by atoms with E-state index in [0.29, 0.717) is 5.56 Å². The number of ether oxygens (including phenoxy) is 2. The maximum atomic E-state index is 11.9. The van der Waals surface area contributed by atoms with Crippen LogP contribution in [0, 0.1) is 10.1 Å². The van der Waals surface area contributed by atoms with Gasteiger partial charge in [-0.3, -0.25) is 14.9 Å². The van der Waals surface area contributed by atoms with Gasteiger partial charge >= 0.3 is 12.1 Å². The summed E-state index contributed by atoms with van der Waals surface area (Å²) in [7, 11) is 1.24. The molecular weight excluding hydrogens is 304 g/mol. The molecule has 8 heteroatoms. The number of carbonyl (C=O) groups is 2. The molecule has 0 aliphatic carbocycles. The van der Waals surface area contributed by atoms with Gasteiger partial charge in [-0.15, -0.1) is 0 Å². The van der Waals surface area contributed by atoms with E-state index in [9.17, 15) is 19.7 Å². The van der Waals surface area contributed by atoms with Gasteiger partial charge in [-0.1, -0.05) is 12.1 Å². The molecular formula is C15H20N2O6. The van der Waals surface area contributed by atoms with Crippen LogP contribution in [-0.4, -0.2) is 29.7 Å². The second-order valence-electron chi connectivity index (χ2n) is 5.83. The minimum absolute atomic E-state index is 0.0807. The lowest BCUT2D eigenvalue weighted by Crippen LogP contribution is -2.36. The number of nitrogens with zero attached hydrogens (tertiary/aromatic N) is 1. The van der Waals surface area contributed by atoms with E-state index in [4.69, 9.17) is 4.74 Å². The van der Waals surface area contributed by atoms with Crippen LogP contribution in [0.2, 0.25) is 0 Å². The molecule has 0 saturated heterocycles. The molecule has 0 bridgehead atoms. The van der Waals surface area contributed by atoms with Crippen molar-refractivity contribution in [3.8, 4) is 0 Å². The second kappa shape index (κ2) is 7.57. The summed E-state index contributed by atoms with van der Waals surface area (Å²) >= 11 is 0. The predicted octanol–water partition coefficient (Wildman–Crippen LogP) is 2.72. The number of esters is 1. The van der Waals surface area contributed by atoms with E-state index in [2.05, 4.69) is 10.1 Å². The quantitative estimate of drug-likeness (QED) is 0.507.